The summed E-state index contributed by atoms with van der Waals surface area (Å²) in [6, 6.07) is 20.7. The molecule has 0 unspecified atom stereocenters. The van der Waals surface area contributed by atoms with Crippen LogP contribution in [-0.2, 0) is 0 Å². The van der Waals surface area contributed by atoms with Gasteiger partial charge in [0, 0.05) is 6.20 Å². The predicted octanol–water partition coefficient (Wildman–Crippen LogP) is 5.06. The van der Waals surface area contributed by atoms with E-state index < -0.39 is 0 Å². The molecule has 0 spiro atoms. The monoisotopic (exact) mass is 307 g/mol. The normalized spacial score (nSPS) is 10.1. The van der Waals surface area contributed by atoms with E-state index in [4.69, 9.17) is 14.2 Å². The molecule has 3 aromatic rings. The molecular formula is C19H17NO3. The summed E-state index contributed by atoms with van der Waals surface area (Å²) >= 11 is 0. The number of hydrogen-bond donors (Lipinski definition) is 0. The lowest BCUT2D eigenvalue weighted by molar-refractivity contribution is 0.313. The summed E-state index contributed by atoms with van der Waals surface area (Å²) in [6.45, 7) is 2.47. The fraction of sp³-hybridized carbons (Fsp3) is 0.105. The fourth-order valence-corrected chi connectivity index (χ4v) is 2.06. The van der Waals surface area contributed by atoms with Crippen molar-refractivity contribution in [1.29, 1.82) is 0 Å². The van der Waals surface area contributed by atoms with E-state index in [0.717, 1.165) is 5.75 Å². The van der Waals surface area contributed by atoms with Gasteiger partial charge in [0.25, 0.3) is 5.88 Å². The molecule has 1 heterocycles. The first-order chi connectivity index (χ1) is 11.4. The van der Waals surface area contributed by atoms with Crippen molar-refractivity contribution in [2.24, 2.45) is 0 Å². The smallest absolute Gasteiger partial charge is 0.262 e. The van der Waals surface area contributed by atoms with E-state index in [9.17, 15) is 0 Å². The Balaban J connectivity index is 1.86. The van der Waals surface area contributed by atoms with Crippen LogP contribution in [0.1, 0.15) is 6.92 Å². The molecule has 0 N–H and O–H groups in total. The molecule has 2 aromatic carbocycles. The van der Waals surface area contributed by atoms with Gasteiger partial charge in [-0.2, -0.15) is 0 Å². The number of pyridine rings is 1. The minimum Gasteiger partial charge on any atom is -0.488 e. The molecule has 0 bridgehead atoms. The van der Waals surface area contributed by atoms with Gasteiger partial charge >= 0.3 is 0 Å². The van der Waals surface area contributed by atoms with Gasteiger partial charge in [-0.25, -0.2) is 4.98 Å². The van der Waals surface area contributed by atoms with Crippen LogP contribution in [0, 0.1) is 0 Å². The van der Waals surface area contributed by atoms with E-state index in [0.29, 0.717) is 29.7 Å². The van der Waals surface area contributed by atoms with E-state index in [-0.39, 0.29) is 0 Å². The minimum absolute atomic E-state index is 0.415. The van der Waals surface area contributed by atoms with Gasteiger partial charge in [0.15, 0.2) is 17.2 Å². The molecule has 0 aliphatic rings. The zero-order chi connectivity index (χ0) is 15.9. The molecule has 0 fully saturated rings. The maximum Gasteiger partial charge on any atom is 0.262 e. The van der Waals surface area contributed by atoms with Gasteiger partial charge in [-0.15, -0.1) is 0 Å². The topological polar surface area (TPSA) is 40.6 Å². The second-order valence-corrected chi connectivity index (χ2v) is 4.70. The molecule has 0 aliphatic heterocycles. The average molecular weight is 307 g/mol. The van der Waals surface area contributed by atoms with Gasteiger partial charge in [0.1, 0.15) is 5.75 Å². The number of rotatable bonds is 6. The SMILES string of the molecule is CCOc1cccnc1Oc1ccccc1Oc1ccccc1. The molecule has 0 saturated heterocycles. The summed E-state index contributed by atoms with van der Waals surface area (Å²) in [5.41, 5.74) is 0. The molecule has 0 radical (unpaired) electrons. The van der Waals surface area contributed by atoms with Gasteiger partial charge in [0.2, 0.25) is 0 Å². The highest BCUT2D eigenvalue weighted by Crippen LogP contribution is 2.36. The first kappa shape index (κ1) is 14.9. The quantitative estimate of drug-likeness (QED) is 0.638. The fourth-order valence-electron chi connectivity index (χ4n) is 2.06. The van der Waals surface area contributed by atoms with Crippen LogP contribution in [0.2, 0.25) is 0 Å². The Bertz CT molecular complexity index is 759. The van der Waals surface area contributed by atoms with Crippen molar-refractivity contribution < 1.29 is 14.2 Å². The lowest BCUT2D eigenvalue weighted by atomic mass is 10.3. The third-order valence-electron chi connectivity index (χ3n) is 3.06. The summed E-state index contributed by atoms with van der Waals surface area (Å²) in [5.74, 6) is 2.96. The summed E-state index contributed by atoms with van der Waals surface area (Å²) in [5, 5.41) is 0. The molecule has 1 aromatic heterocycles. The van der Waals surface area contributed by atoms with Crippen LogP contribution in [0.15, 0.2) is 72.9 Å². The van der Waals surface area contributed by atoms with Crippen LogP contribution >= 0.6 is 0 Å². The van der Waals surface area contributed by atoms with E-state index >= 15 is 0 Å². The van der Waals surface area contributed by atoms with E-state index in [1.165, 1.54) is 0 Å². The summed E-state index contributed by atoms with van der Waals surface area (Å²) in [6.07, 6.45) is 1.67. The van der Waals surface area contributed by atoms with Crippen molar-refractivity contribution >= 4 is 0 Å². The number of benzene rings is 2. The molecule has 3 rings (SSSR count). The van der Waals surface area contributed by atoms with Gasteiger partial charge in [-0.3, -0.25) is 0 Å². The number of aromatic nitrogens is 1. The van der Waals surface area contributed by atoms with Gasteiger partial charge in [-0.05, 0) is 43.3 Å². The Morgan fingerprint density at radius 2 is 1.39 bits per heavy atom. The van der Waals surface area contributed by atoms with Crippen LogP contribution < -0.4 is 14.2 Å². The summed E-state index contributed by atoms with van der Waals surface area (Å²) in [7, 11) is 0. The van der Waals surface area contributed by atoms with Gasteiger partial charge in [-0.1, -0.05) is 30.3 Å². The van der Waals surface area contributed by atoms with Crippen molar-refractivity contribution in [2.75, 3.05) is 6.61 Å². The zero-order valence-corrected chi connectivity index (χ0v) is 12.8. The molecule has 4 nitrogen and oxygen atoms in total. The first-order valence-corrected chi connectivity index (χ1v) is 7.44. The van der Waals surface area contributed by atoms with Gasteiger partial charge < -0.3 is 14.2 Å². The maximum atomic E-state index is 5.90. The van der Waals surface area contributed by atoms with Crippen LogP contribution in [0.3, 0.4) is 0 Å². The Labute approximate surface area is 135 Å². The van der Waals surface area contributed by atoms with Crippen molar-refractivity contribution in [3.05, 3.63) is 72.9 Å². The van der Waals surface area contributed by atoms with E-state index in [1.54, 1.807) is 6.20 Å². The molecule has 0 atom stereocenters. The second kappa shape index (κ2) is 7.31. The summed E-state index contributed by atoms with van der Waals surface area (Å²) in [4.78, 5) is 4.24. The van der Waals surface area contributed by atoms with Crippen LogP contribution in [0.25, 0.3) is 0 Å². The Morgan fingerprint density at radius 1 is 0.739 bits per heavy atom. The van der Waals surface area contributed by atoms with Crippen LogP contribution in [-0.4, -0.2) is 11.6 Å². The highest BCUT2D eigenvalue weighted by Gasteiger charge is 2.11. The number of hydrogen-bond acceptors (Lipinski definition) is 4. The molecule has 0 saturated carbocycles. The first-order valence-electron chi connectivity index (χ1n) is 7.44. The number of para-hydroxylation sites is 3. The van der Waals surface area contributed by atoms with Gasteiger partial charge in [0.05, 0.1) is 6.61 Å². The molecule has 116 valence electrons. The van der Waals surface area contributed by atoms with E-state index in [2.05, 4.69) is 4.98 Å². The second-order valence-electron chi connectivity index (χ2n) is 4.70. The van der Waals surface area contributed by atoms with Crippen molar-refractivity contribution in [3.8, 4) is 28.9 Å². The van der Waals surface area contributed by atoms with Crippen molar-refractivity contribution in [3.63, 3.8) is 0 Å². The minimum atomic E-state index is 0.415. The molecular weight excluding hydrogens is 290 g/mol. The van der Waals surface area contributed by atoms with Crippen molar-refractivity contribution in [2.45, 2.75) is 6.92 Å². The largest absolute Gasteiger partial charge is 0.488 e. The number of ether oxygens (including phenoxy) is 3. The van der Waals surface area contributed by atoms with Crippen LogP contribution in [0.4, 0.5) is 0 Å². The van der Waals surface area contributed by atoms with E-state index in [1.807, 2.05) is 73.7 Å². The van der Waals surface area contributed by atoms with Crippen LogP contribution in [0.5, 0.6) is 28.9 Å². The lowest BCUT2D eigenvalue weighted by Crippen LogP contribution is -1.97. The highest BCUT2D eigenvalue weighted by molar-refractivity contribution is 5.46. The summed E-state index contributed by atoms with van der Waals surface area (Å²) < 4.78 is 17.3. The molecule has 0 aliphatic carbocycles. The maximum absolute atomic E-state index is 5.90. The highest BCUT2D eigenvalue weighted by atomic mass is 16.5. The standard InChI is InChI=1S/C19H17NO3/c1-2-21-18-13-8-14-20-19(18)23-17-12-7-6-11-16(17)22-15-9-4-3-5-10-15/h3-14H,2H2,1H3. The lowest BCUT2D eigenvalue weighted by Gasteiger charge is -2.13. The average Bonchev–Trinajstić information content (AvgIpc) is 2.59. The molecule has 0 amide bonds. The Hall–Kier alpha value is -3.01. The Morgan fingerprint density at radius 3 is 2.13 bits per heavy atom. The molecule has 4 heteroatoms. The third kappa shape index (κ3) is 3.80. The zero-order valence-electron chi connectivity index (χ0n) is 12.8. The Kier molecular flexibility index (Phi) is 4.74. The molecule has 23 heavy (non-hydrogen) atoms. The number of nitrogens with zero attached hydrogens (tertiary/aromatic N) is 1. The third-order valence-corrected chi connectivity index (χ3v) is 3.06. The van der Waals surface area contributed by atoms with Crippen molar-refractivity contribution in [1.82, 2.24) is 4.98 Å². The predicted molar refractivity (Wildman–Crippen MR) is 88.4 cm³/mol.